The van der Waals surface area contributed by atoms with Crippen molar-refractivity contribution in [2.75, 3.05) is 0 Å². The van der Waals surface area contributed by atoms with Gasteiger partial charge in [0.1, 0.15) is 0 Å². The molecule has 0 spiro atoms. The molecule has 1 heteroatoms. The maximum atomic E-state index is 11.6. The zero-order chi connectivity index (χ0) is 16.4. The van der Waals surface area contributed by atoms with E-state index in [9.17, 15) is 4.79 Å². The van der Waals surface area contributed by atoms with Crippen molar-refractivity contribution in [2.24, 2.45) is 0 Å². The third-order valence-corrected chi connectivity index (χ3v) is 4.48. The van der Waals surface area contributed by atoms with Gasteiger partial charge in [0.25, 0.3) is 0 Å². The molecular formula is C22H19O. The van der Waals surface area contributed by atoms with Gasteiger partial charge in [-0.2, -0.15) is 0 Å². The Bertz CT molecular complexity index is 780. The Balaban J connectivity index is 2.40. The fraction of sp³-hybridized carbons (Fsp3) is 0.136. The first-order valence-corrected chi connectivity index (χ1v) is 7.78. The van der Waals surface area contributed by atoms with E-state index in [0.29, 0.717) is 5.56 Å². The van der Waals surface area contributed by atoms with Crippen molar-refractivity contribution in [3.63, 3.8) is 0 Å². The molecule has 3 rings (SSSR count). The van der Waals surface area contributed by atoms with Gasteiger partial charge in [0.05, 0.1) is 0 Å². The zero-order valence-electron chi connectivity index (χ0n) is 13.7. The van der Waals surface area contributed by atoms with Crippen molar-refractivity contribution in [2.45, 2.75) is 20.8 Å². The summed E-state index contributed by atoms with van der Waals surface area (Å²) in [5.41, 5.74) is 8.42. The highest BCUT2D eigenvalue weighted by Crippen LogP contribution is 2.38. The molecule has 23 heavy (non-hydrogen) atoms. The molecule has 0 aliphatic rings. The normalized spacial score (nSPS) is 10.6. The molecule has 0 amide bonds. The molecule has 0 aliphatic heterocycles. The first-order chi connectivity index (χ1) is 11.1. The van der Waals surface area contributed by atoms with Crippen LogP contribution in [0.5, 0.6) is 0 Å². The van der Waals surface area contributed by atoms with Crippen molar-refractivity contribution in [3.8, 4) is 22.3 Å². The second-order valence-corrected chi connectivity index (χ2v) is 5.83. The Labute approximate surface area is 137 Å². The van der Waals surface area contributed by atoms with Crippen LogP contribution in [0, 0.1) is 20.8 Å². The van der Waals surface area contributed by atoms with Gasteiger partial charge >= 0.3 is 0 Å². The van der Waals surface area contributed by atoms with Crippen LogP contribution in [-0.2, 0) is 4.79 Å². The van der Waals surface area contributed by atoms with E-state index in [1.807, 2.05) is 50.2 Å². The van der Waals surface area contributed by atoms with Gasteiger partial charge in [0.15, 0.2) is 0 Å². The molecule has 0 saturated heterocycles. The van der Waals surface area contributed by atoms with Crippen LogP contribution in [0.25, 0.3) is 22.3 Å². The highest BCUT2D eigenvalue weighted by Gasteiger charge is 2.19. The maximum Gasteiger partial charge on any atom is 0.234 e. The summed E-state index contributed by atoms with van der Waals surface area (Å²) in [7, 11) is 0. The Morgan fingerprint density at radius 1 is 0.609 bits per heavy atom. The summed E-state index contributed by atoms with van der Waals surface area (Å²) >= 11 is 0. The summed E-state index contributed by atoms with van der Waals surface area (Å²) in [6.45, 7) is 6.16. The summed E-state index contributed by atoms with van der Waals surface area (Å²) < 4.78 is 0. The quantitative estimate of drug-likeness (QED) is 0.632. The lowest BCUT2D eigenvalue weighted by Gasteiger charge is -2.20. The fourth-order valence-corrected chi connectivity index (χ4v) is 3.45. The maximum absolute atomic E-state index is 11.6. The molecule has 0 unspecified atom stereocenters. The van der Waals surface area contributed by atoms with Gasteiger partial charge in [0.2, 0.25) is 6.29 Å². The van der Waals surface area contributed by atoms with Gasteiger partial charge in [-0.25, -0.2) is 0 Å². The second-order valence-electron chi connectivity index (χ2n) is 5.83. The number of rotatable bonds is 3. The second kappa shape index (κ2) is 6.21. The van der Waals surface area contributed by atoms with Crippen molar-refractivity contribution in [1.29, 1.82) is 0 Å². The number of hydrogen-bond acceptors (Lipinski definition) is 1. The largest absolute Gasteiger partial charge is 0.285 e. The van der Waals surface area contributed by atoms with Crippen molar-refractivity contribution >= 4 is 6.29 Å². The lowest BCUT2D eigenvalue weighted by Crippen LogP contribution is -2.02. The van der Waals surface area contributed by atoms with Crippen LogP contribution >= 0.6 is 0 Å². The molecular weight excluding hydrogens is 280 g/mol. The predicted octanol–water partition coefficient (Wildman–Crippen LogP) is 5.40. The fourth-order valence-electron chi connectivity index (χ4n) is 3.45. The standard InChI is InChI=1S/C22H19O/c1-15-20(14-23)16(2)22(19-12-8-5-9-13-19)17(3)21(15)18-10-6-4-7-11-18/h4-13H,1-3H3. The van der Waals surface area contributed by atoms with Crippen LogP contribution in [-0.4, -0.2) is 6.29 Å². The third-order valence-electron chi connectivity index (χ3n) is 4.48. The topological polar surface area (TPSA) is 17.1 Å². The lowest BCUT2D eigenvalue weighted by atomic mass is 9.83. The highest BCUT2D eigenvalue weighted by atomic mass is 16.1. The zero-order valence-corrected chi connectivity index (χ0v) is 13.7. The lowest BCUT2D eigenvalue weighted by molar-refractivity contribution is 0.562. The Hall–Kier alpha value is -2.67. The van der Waals surface area contributed by atoms with Gasteiger partial charge < -0.3 is 0 Å². The Kier molecular flexibility index (Phi) is 4.12. The molecule has 113 valence electrons. The summed E-state index contributed by atoms with van der Waals surface area (Å²) in [6, 6.07) is 20.5. The highest BCUT2D eigenvalue weighted by molar-refractivity contribution is 5.93. The van der Waals surface area contributed by atoms with Gasteiger partial charge in [-0.05, 0) is 59.7 Å². The van der Waals surface area contributed by atoms with E-state index in [0.717, 1.165) is 33.4 Å². The van der Waals surface area contributed by atoms with E-state index in [4.69, 9.17) is 0 Å². The van der Waals surface area contributed by atoms with E-state index in [2.05, 4.69) is 37.5 Å². The molecule has 0 fully saturated rings. The van der Waals surface area contributed by atoms with E-state index < -0.39 is 0 Å². The summed E-state index contributed by atoms with van der Waals surface area (Å²) in [6.07, 6.45) is 2.16. The molecule has 0 atom stereocenters. The minimum absolute atomic E-state index is 0.674. The summed E-state index contributed by atoms with van der Waals surface area (Å²) in [4.78, 5) is 11.6. The van der Waals surface area contributed by atoms with Crippen LogP contribution in [0.2, 0.25) is 0 Å². The molecule has 0 saturated carbocycles. The van der Waals surface area contributed by atoms with Gasteiger partial charge in [0, 0.05) is 5.56 Å². The molecule has 0 aliphatic carbocycles. The van der Waals surface area contributed by atoms with Crippen LogP contribution in [0.3, 0.4) is 0 Å². The smallest absolute Gasteiger partial charge is 0.234 e. The number of benzene rings is 3. The van der Waals surface area contributed by atoms with Gasteiger partial charge in [-0.15, -0.1) is 0 Å². The Morgan fingerprint density at radius 2 is 1.00 bits per heavy atom. The third kappa shape index (κ3) is 2.59. The first kappa shape index (κ1) is 15.2. The molecule has 3 aromatic carbocycles. The van der Waals surface area contributed by atoms with E-state index in [-0.39, 0.29) is 0 Å². The first-order valence-electron chi connectivity index (χ1n) is 7.78. The van der Waals surface area contributed by atoms with Gasteiger partial charge in [-0.3, -0.25) is 4.79 Å². The van der Waals surface area contributed by atoms with Crippen molar-refractivity contribution in [1.82, 2.24) is 0 Å². The minimum Gasteiger partial charge on any atom is -0.285 e. The minimum atomic E-state index is 0.674. The number of hydrogen-bond donors (Lipinski definition) is 0. The van der Waals surface area contributed by atoms with Crippen LogP contribution in [0.1, 0.15) is 22.3 Å². The van der Waals surface area contributed by atoms with E-state index in [1.165, 1.54) is 5.56 Å². The van der Waals surface area contributed by atoms with Crippen LogP contribution in [0.4, 0.5) is 0 Å². The van der Waals surface area contributed by atoms with Gasteiger partial charge in [-0.1, -0.05) is 60.7 Å². The molecule has 0 heterocycles. The average Bonchev–Trinajstić information content (AvgIpc) is 2.57. The molecule has 1 nitrogen and oxygen atoms in total. The average molecular weight is 299 g/mol. The van der Waals surface area contributed by atoms with E-state index >= 15 is 0 Å². The summed E-state index contributed by atoms with van der Waals surface area (Å²) in [5.74, 6) is 0. The number of carbonyl (C=O) groups excluding carboxylic acids is 1. The Morgan fingerprint density at radius 3 is 1.35 bits per heavy atom. The molecule has 0 aromatic heterocycles. The van der Waals surface area contributed by atoms with Crippen molar-refractivity contribution < 1.29 is 4.79 Å². The molecule has 3 aromatic rings. The summed E-state index contributed by atoms with van der Waals surface area (Å²) in [5, 5.41) is 0. The van der Waals surface area contributed by atoms with E-state index in [1.54, 1.807) is 0 Å². The molecule has 0 N–H and O–H groups in total. The van der Waals surface area contributed by atoms with Crippen LogP contribution < -0.4 is 0 Å². The SMILES string of the molecule is Cc1c([C]=O)c(C)c(-c2ccccc2)c(C)c1-c1ccccc1. The predicted molar refractivity (Wildman–Crippen MR) is 96.3 cm³/mol. The monoisotopic (exact) mass is 299 g/mol. The van der Waals surface area contributed by atoms with Crippen molar-refractivity contribution in [3.05, 3.63) is 82.9 Å². The molecule has 1 radical (unpaired) electrons. The molecule has 0 bridgehead atoms. The van der Waals surface area contributed by atoms with Crippen LogP contribution in [0.15, 0.2) is 60.7 Å².